The second kappa shape index (κ2) is 9.99. The summed E-state index contributed by atoms with van der Waals surface area (Å²) < 4.78 is 0. The molecule has 1 aliphatic heterocycles. The number of anilines is 3. The maximum atomic E-state index is 12.5. The first kappa shape index (κ1) is 23.2. The molecule has 2 aromatic heterocycles. The Morgan fingerprint density at radius 2 is 1.77 bits per heavy atom. The number of nitrogens with zero attached hydrogens (tertiary/aromatic N) is 4. The Hall–Kier alpha value is -3.53. The molecule has 2 aromatic carbocycles. The molecule has 9 heteroatoms. The Morgan fingerprint density at radius 3 is 2.51 bits per heavy atom. The summed E-state index contributed by atoms with van der Waals surface area (Å²) >= 11 is 1.68. The first-order valence-electron chi connectivity index (χ1n) is 11.6. The lowest BCUT2D eigenvalue weighted by Crippen LogP contribution is -2.43. The van der Waals surface area contributed by atoms with E-state index in [0.717, 1.165) is 65.3 Å². The molecule has 0 bridgehead atoms. The summed E-state index contributed by atoms with van der Waals surface area (Å²) in [5, 5.41) is 6.68. The van der Waals surface area contributed by atoms with Gasteiger partial charge in [0.2, 0.25) is 0 Å². The van der Waals surface area contributed by atoms with Gasteiger partial charge in [-0.15, -0.1) is 11.3 Å². The van der Waals surface area contributed by atoms with Crippen molar-refractivity contribution < 1.29 is 4.79 Å². The van der Waals surface area contributed by atoms with Crippen LogP contribution >= 0.6 is 11.3 Å². The van der Waals surface area contributed by atoms with Crippen LogP contribution in [0.2, 0.25) is 0 Å². The van der Waals surface area contributed by atoms with Crippen molar-refractivity contribution >= 4 is 44.8 Å². The number of nitrogens with one attached hydrogen (secondary N) is 2. The molecule has 1 saturated heterocycles. The molecule has 0 unspecified atom stereocenters. The Kier molecular flexibility index (Phi) is 6.63. The zero-order valence-electron chi connectivity index (χ0n) is 19.9. The van der Waals surface area contributed by atoms with E-state index in [9.17, 15) is 4.79 Å². The molecule has 0 saturated carbocycles. The summed E-state index contributed by atoms with van der Waals surface area (Å²) in [6.45, 7) is 7.03. The lowest BCUT2D eigenvalue weighted by molar-refractivity contribution is 0.149. The number of nitrogens with two attached hydrogens (primary N) is 1. The molecule has 0 spiro atoms. The lowest BCUT2D eigenvalue weighted by atomic mass is 10.0. The molecule has 0 atom stereocenters. The van der Waals surface area contributed by atoms with Gasteiger partial charge >= 0.3 is 6.03 Å². The highest BCUT2D eigenvalue weighted by Gasteiger charge is 2.21. The minimum atomic E-state index is -0.280. The van der Waals surface area contributed by atoms with Gasteiger partial charge in [0.1, 0.15) is 17.0 Å². The van der Waals surface area contributed by atoms with Gasteiger partial charge in [0.25, 0.3) is 0 Å². The molecule has 4 N–H and O–H groups in total. The van der Waals surface area contributed by atoms with Crippen LogP contribution in [-0.4, -0.2) is 59.0 Å². The third kappa shape index (κ3) is 5.27. The number of likely N-dealkylation sites (N-methyl/N-ethyl adjacent to an activating group) is 1. The molecule has 3 heterocycles. The van der Waals surface area contributed by atoms with E-state index in [2.05, 4.69) is 37.4 Å². The highest BCUT2D eigenvalue weighted by molar-refractivity contribution is 7.19. The SMILES string of the molecule is Cc1cccc(NC(=O)Nc2ccc(-c3c(CN4CCN(C)CC4)sc4ncnc(N)c34)cc2)c1. The van der Waals surface area contributed by atoms with Crippen molar-refractivity contribution in [2.45, 2.75) is 13.5 Å². The van der Waals surface area contributed by atoms with Crippen molar-refractivity contribution in [1.82, 2.24) is 19.8 Å². The second-order valence-corrected chi connectivity index (χ2v) is 10.0. The van der Waals surface area contributed by atoms with Gasteiger partial charge in [0.15, 0.2) is 0 Å². The van der Waals surface area contributed by atoms with E-state index >= 15 is 0 Å². The van der Waals surface area contributed by atoms with Crippen LogP contribution in [0.15, 0.2) is 54.9 Å². The third-order valence-corrected chi connectivity index (χ3v) is 7.34. The molecule has 0 radical (unpaired) electrons. The van der Waals surface area contributed by atoms with E-state index in [4.69, 9.17) is 5.73 Å². The number of thiophene rings is 1. The van der Waals surface area contributed by atoms with Crippen molar-refractivity contribution in [3.63, 3.8) is 0 Å². The number of benzene rings is 2. The number of nitrogen functional groups attached to an aromatic ring is 1. The van der Waals surface area contributed by atoms with Gasteiger partial charge in [0, 0.05) is 54.5 Å². The smallest absolute Gasteiger partial charge is 0.323 e. The molecule has 2 amide bonds. The minimum absolute atomic E-state index is 0.280. The van der Waals surface area contributed by atoms with Crippen LogP contribution in [0.5, 0.6) is 0 Å². The van der Waals surface area contributed by atoms with Gasteiger partial charge in [-0.3, -0.25) is 4.90 Å². The summed E-state index contributed by atoms with van der Waals surface area (Å²) in [6, 6.07) is 15.3. The molecule has 1 fully saturated rings. The second-order valence-electron chi connectivity index (χ2n) is 8.94. The van der Waals surface area contributed by atoms with E-state index in [1.807, 2.05) is 55.5 Å². The zero-order chi connectivity index (χ0) is 24.4. The number of fused-ring (bicyclic) bond motifs is 1. The Morgan fingerprint density at radius 1 is 1.03 bits per heavy atom. The Bertz CT molecular complexity index is 1340. The number of aryl methyl sites for hydroxylation is 1. The maximum Gasteiger partial charge on any atom is 0.323 e. The largest absolute Gasteiger partial charge is 0.383 e. The number of carbonyl (C=O) groups excluding carboxylic acids is 1. The predicted molar refractivity (Wildman–Crippen MR) is 144 cm³/mol. The number of hydrogen-bond acceptors (Lipinski definition) is 7. The van der Waals surface area contributed by atoms with Crippen LogP contribution in [0.25, 0.3) is 21.3 Å². The van der Waals surface area contributed by atoms with E-state index in [0.29, 0.717) is 11.5 Å². The fourth-order valence-electron chi connectivity index (χ4n) is 4.36. The van der Waals surface area contributed by atoms with Crippen LogP contribution in [0.1, 0.15) is 10.4 Å². The fourth-order valence-corrected chi connectivity index (χ4v) is 5.57. The molecule has 1 aliphatic rings. The molecule has 4 aromatic rings. The van der Waals surface area contributed by atoms with Crippen molar-refractivity contribution in [2.75, 3.05) is 49.6 Å². The highest BCUT2D eigenvalue weighted by Crippen LogP contribution is 2.41. The summed E-state index contributed by atoms with van der Waals surface area (Å²) in [7, 11) is 2.16. The lowest BCUT2D eigenvalue weighted by Gasteiger charge is -2.32. The third-order valence-electron chi connectivity index (χ3n) is 6.26. The quantitative estimate of drug-likeness (QED) is 0.379. The van der Waals surface area contributed by atoms with E-state index in [1.54, 1.807) is 11.3 Å². The van der Waals surface area contributed by atoms with E-state index in [-0.39, 0.29) is 6.03 Å². The number of rotatable bonds is 5. The van der Waals surface area contributed by atoms with Crippen molar-refractivity contribution in [2.24, 2.45) is 0 Å². The van der Waals surface area contributed by atoms with E-state index < -0.39 is 0 Å². The van der Waals surface area contributed by atoms with Crippen molar-refractivity contribution in [1.29, 1.82) is 0 Å². The van der Waals surface area contributed by atoms with Crippen molar-refractivity contribution in [3.8, 4) is 11.1 Å². The summed E-state index contributed by atoms with van der Waals surface area (Å²) in [5.74, 6) is 0.491. The monoisotopic (exact) mass is 487 g/mol. The predicted octanol–water partition coefficient (Wildman–Crippen LogP) is 4.64. The number of aromatic nitrogens is 2. The molecule has 35 heavy (non-hydrogen) atoms. The van der Waals surface area contributed by atoms with Gasteiger partial charge < -0.3 is 21.3 Å². The summed E-state index contributed by atoms with van der Waals surface area (Å²) in [6.07, 6.45) is 1.53. The summed E-state index contributed by atoms with van der Waals surface area (Å²) in [4.78, 5) is 28.2. The Labute approximate surface area is 208 Å². The van der Waals surface area contributed by atoms with Gasteiger partial charge in [-0.05, 0) is 49.4 Å². The number of hydrogen-bond donors (Lipinski definition) is 3. The normalized spacial score (nSPS) is 14.8. The number of urea groups is 1. The van der Waals surface area contributed by atoms with Crippen LogP contribution in [0.4, 0.5) is 22.0 Å². The molecule has 0 aliphatic carbocycles. The molecular formula is C26H29N7OS. The van der Waals surface area contributed by atoms with Crippen LogP contribution in [0.3, 0.4) is 0 Å². The maximum absolute atomic E-state index is 12.5. The van der Waals surface area contributed by atoms with E-state index in [1.165, 1.54) is 11.2 Å². The molecule has 8 nitrogen and oxygen atoms in total. The first-order chi connectivity index (χ1) is 17.0. The number of amides is 2. The summed E-state index contributed by atoms with van der Waals surface area (Å²) in [5.41, 5.74) is 11.0. The van der Waals surface area contributed by atoms with Gasteiger partial charge in [-0.2, -0.15) is 0 Å². The van der Waals surface area contributed by atoms with Crippen LogP contribution < -0.4 is 16.4 Å². The first-order valence-corrected chi connectivity index (χ1v) is 12.5. The van der Waals surface area contributed by atoms with Crippen LogP contribution in [0, 0.1) is 6.92 Å². The minimum Gasteiger partial charge on any atom is -0.383 e. The molecule has 180 valence electrons. The van der Waals surface area contributed by atoms with Gasteiger partial charge in [0.05, 0.1) is 5.39 Å². The fraction of sp³-hybridized carbons (Fsp3) is 0.269. The van der Waals surface area contributed by atoms with Crippen LogP contribution in [-0.2, 0) is 6.54 Å². The zero-order valence-corrected chi connectivity index (χ0v) is 20.7. The molecular weight excluding hydrogens is 458 g/mol. The van der Waals surface area contributed by atoms with Gasteiger partial charge in [-0.1, -0.05) is 24.3 Å². The number of carbonyl (C=O) groups is 1. The van der Waals surface area contributed by atoms with Gasteiger partial charge in [-0.25, -0.2) is 14.8 Å². The average molecular weight is 488 g/mol. The topological polar surface area (TPSA) is 99.4 Å². The molecule has 5 rings (SSSR count). The Balaban J connectivity index is 1.38. The number of piperazine rings is 1. The standard InChI is InChI=1S/C26H29N7OS/c1-17-4-3-5-20(14-17)31-26(34)30-19-8-6-18(7-9-19)22-21(15-33-12-10-32(2)11-13-33)35-25-23(22)24(27)28-16-29-25/h3-9,14,16H,10-13,15H2,1-2H3,(H2,27,28,29)(H2,30,31,34). The average Bonchev–Trinajstić information content (AvgIpc) is 3.20. The van der Waals surface area contributed by atoms with Crippen molar-refractivity contribution in [3.05, 3.63) is 65.3 Å². The highest BCUT2D eigenvalue weighted by atomic mass is 32.1.